The van der Waals surface area contributed by atoms with Crippen LogP contribution in [0.15, 0.2) is 94.2 Å². The number of rotatable bonds is 10. The molecule has 5 aromatic rings. The third kappa shape index (κ3) is 6.91. The summed E-state index contributed by atoms with van der Waals surface area (Å²) in [6.45, 7) is 1.78. The number of esters is 1. The number of nitrogens with one attached hydrogen (secondary N) is 2. The molecule has 220 valence electrons. The lowest BCUT2D eigenvalue weighted by Crippen LogP contribution is -2.52. The minimum atomic E-state index is -1.28. The fourth-order valence-electron chi connectivity index (χ4n) is 4.42. The lowest BCUT2D eigenvalue weighted by Gasteiger charge is -2.28. The molecular weight excluding hydrogens is 554 g/mol. The summed E-state index contributed by atoms with van der Waals surface area (Å²) in [6.07, 6.45) is 2.94. The predicted octanol–water partition coefficient (Wildman–Crippen LogP) is 5.11. The van der Waals surface area contributed by atoms with E-state index in [4.69, 9.17) is 23.0 Å². The van der Waals surface area contributed by atoms with E-state index in [9.17, 15) is 14.4 Å². The molecule has 3 aromatic carbocycles. The van der Waals surface area contributed by atoms with Gasteiger partial charge in [-0.25, -0.2) is 9.78 Å². The van der Waals surface area contributed by atoms with Crippen molar-refractivity contribution in [1.29, 1.82) is 0 Å². The summed E-state index contributed by atoms with van der Waals surface area (Å²) in [4.78, 5) is 42.1. The highest BCUT2D eigenvalue weighted by atomic mass is 16.5. The lowest BCUT2D eigenvalue weighted by atomic mass is 10.1. The molecule has 43 heavy (non-hydrogen) atoms. The van der Waals surface area contributed by atoms with Crippen molar-refractivity contribution in [3.05, 3.63) is 102 Å². The van der Waals surface area contributed by atoms with Gasteiger partial charge in [0.1, 0.15) is 29.4 Å². The first kappa shape index (κ1) is 29.1. The van der Waals surface area contributed by atoms with Crippen LogP contribution >= 0.6 is 0 Å². The number of nitrogens with zero attached hydrogens (tertiary/aromatic N) is 1. The van der Waals surface area contributed by atoms with Gasteiger partial charge >= 0.3 is 17.8 Å². The Morgan fingerprint density at radius 3 is 2.49 bits per heavy atom. The number of furan rings is 1. The molecule has 5 rings (SSSR count). The SMILES string of the molecule is COc1cc(NC(=O)C(=O)NC(C)(Cc2cc3cc(C(=O)OCc4ccccc4)ccc3o2)OC)ccc1-c1cnco1. The molecule has 11 nitrogen and oxygen atoms in total. The quantitative estimate of drug-likeness (QED) is 0.130. The summed E-state index contributed by atoms with van der Waals surface area (Å²) in [7, 11) is 2.89. The standard InChI is InChI=1S/C32H29N3O8/c1-32(40-3,35-30(37)29(36)34-23-10-11-25(27(15-23)39-2)28-17-33-19-42-28)16-24-14-22-13-21(9-12-26(22)43-24)31(38)41-18-20-7-5-4-6-8-20/h4-15,17,19H,16,18H2,1-3H3,(H,34,36)(H,35,37). The molecule has 2 aromatic heterocycles. The van der Waals surface area contributed by atoms with E-state index >= 15 is 0 Å². The number of carbonyl (C=O) groups is 3. The first-order chi connectivity index (χ1) is 20.8. The average Bonchev–Trinajstić information content (AvgIpc) is 3.69. The zero-order chi connectivity index (χ0) is 30.4. The Morgan fingerprint density at radius 1 is 0.953 bits per heavy atom. The lowest BCUT2D eigenvalue weighted by molar-refractivity contribution is -0.142. The van der Waals surface area contributed by atoms with Crippen molar-refractivity contribution in [1.82, 2.24) is 10.3 Å². The molecule has 0 bridgehead atoms. The average molecular weight is 584 g/mol. The number of benzene rings is 3. The highest BCUT2D eigenvalue weighted by Crippen LogP contribution is 2.32. The van der Waals surface area contributed by atoms with Gasteiger partial charge in [0.25, 0.3) is 0 Å². The number of hydrogen-bond acceptors (Lipinski definition) is 9. The number of hydrogen-bond donors (Lipinski definition) is 2. The summed E-state index contributed by atoms with van der Waals surface area (Å²) in [5.74, 6) is -0.883. The number of ether oxygens (including phenoxy) is 3. The first-order valence-corrected chi connectivity index (χ1v) is 13.3. The molecule has 2 N–H and O–H groups in total. The van der Waals surface area contributed by atoms with E-state index in [-0.39, 0.29) is 13.0 Å². The Labute approximate surface area is 246 Å². The van der Waals surface area contributed by atoms with E-state index in [1.807, 2.05) is 30.3 Å². The second-order valence-electron chi connectivity index (χ2n) is 9.83. The van der Waals surface area contributed by atoms with Gasteiger partial charge < -0.3 is 33.7 Å². The second-order valence-corrected chi connectivity index (χ2v) is 9.83. The van der Waals surface area contributed by atoms with Crippen LogP contribution in [0.25, 0.3) is 22.3 Å². The minimum absolute atomic E-state index is 0.102. The maximum Gasteiger partial charge on any atom is 0.338 e. The number of oxazole rings is 1. The second kappa shape index (κ2) is 12.6. The number of amides is 2. The van der Waals surface area contributed by atoms with Gasteiger partial charge in [-0.2, -0.15) is 0 Å². The van der Waals surface area contributed by atoms with Crippen LogP contribution in [0.4, 0.5) is 5.69 Å². The van der Waals surface area contributed by atoms with E-state index in [0.717, 1.165) is 5.56 Å². The van der Waals surface area contributed by atoms with Crippen LogP contribution in [0, 0.1) is 0 Å². The molecule has 1 atom stereocenters. The fourth-order valence-corrected chi connectivity index (χ4v) is 4.42. The van der Waals surface area contributed by atoms with Crippen molar-refractivity contribution in [2.75, 3.05) is 19.5 Å². The topological polar surface area (TPSA) is 142 Å². The van der Waals surface area contributed by atoms with Crippen LogP contribution in [0.3, 0.4) is 0 Å². The zero-order valence-corrected chi connectivity index (χ0v) is 23.7. The summed E-state index contributed by atoms with van der Waals surface area (Å²) in [6, 6.07) is 21.0. The largest absolute Gasteiger partial charge is 0.496 e. The first-order valence-electron chi connectivity index (χ1n) is 13.3. The molecule has 0 aliphatic rings. The third-order valence-electron chi connectivity index (χ3n) is 6.72. The van der Waals surface area contributed by atoms with Gasteiger partial charge in [0.15, 0.2) is 12.2 Å². The highest BCUT2D eigenvalue weighted by Gasteiger charge is 2.31. The Morgan fingerprint density at radius 2 is 1.77 bits per heavy atom. The summed E-state index contributed by atoms with van der Waals surface area (Å²) in [5, 5.41) is 5.85. The van der Waals surface area contributed by atoms with Gasteiger partial charge in [-0.15, -0.1) is 0 Å². The molecule has 2 heterocycles. The van der Waals surface area contributed by atoms with Crippen molar-refractivity contribution >= 4 is 34.4 Å². The van der Waals surface area contributed by atoms with Crippen LogP contribution in [0.2, 0.25) is 0 Å². The van der Waals surface area contributed by atoms with E-state index in [2.05, 4.69) is 15.6 Å². The maximum atomic E-state index is 12.8. The number of methoxy groups -OCH3 is 2. The molecule has 0 radical (unpaired) electrons. The van der Waals surface area contributed by atoms with Crippen molar-refractivity contribution < 1.29 is 37.4 Å². The van der Waals surface area contributed by atoms with E-state index in [0.29, 0.717) is 45.1 Å². The molecule has 0 saturated carbocycles. The fraction of sp³-hybridized carbons (Fsp3) is 0.188. The maximum absolute atomic E-state index is 12.8. The summed E-state index contributed by atoms with van der Waals surface area (Å²) in [5.41, 5.74) is 1.50. The zero-order valence-electron chi connectivity index (χ0n) is 23.7. The van der Waals surface area contributed by atoms with E-state index < -0.39 is 23.5 Å². The predicted molar refractivity (Wildman–Crippen MR) is 156 cm³/mol. The summed E-state index contributed by atoms with van der Waals surface area (Å²) >= 11 is 0. The van der Waals surface area contributed by atoms with Crippen molar-refractivity contribution in [2.24, 2.45) is 0 Å². The Balaban J connectivity index is 1.22. The monoisotopic (exact) mass is 583 g/mol. The number of carbonyl (C=O) groups excluding carboxylic acids is 3. The summed E-state index contributed by atoms with van der Waals surface area (Å²) < 4.78 is 27.6. The number of aromatic nitrogens is 1. The minimum Gasteiger partial charge on any atom is -0.496 e. The molecule has 0 aliphatic heterocycles. The Kier molecular flexibility index (Phi) is 8.54. The van der Waals surface area contributed by atoms with Gasteiger partial charge in [-0.05, 0) is 48.9 Å². The van der Waals surface area contributed by atoms with Gasteiger partial charge in [-0.3, -0.25) is 9.59 Å². The molecule has 0 spiro atoms. The molecule has 0 aliphatic carbocycles. The van der Waals surface area contributed by atoms with E-state index in [1.165, 1.54) is 26.8 Å². The van der Waals surface area contributed by atoms with Gasteiger partial charge in [0.2, 0.25) is 0 Å². The van der Waals surface area contributed by atoms with Crippen LogP contribution in [-0.2, 0) is 32.1 Å². The van der Waals surface area contributed by atoms with Crippen LogP contribution in [0.5, 0.6) is 5.75 Å². The van der Waals surface area contributed by atoms with Gasteiger partial charge in [-0.1, -0.05) is 30.3 Å². The van der Waals surface area contributed by atoms with Gasteiger partial charge in [0.05, 0.1) is 30.9 Å². The molecule has 0 saturated heterocycles. The molecule has 2 amide bonds. The molecule has 0 fully saturated rings. The van der Waals surface area contributed by atoms with Crippen LogP contribution in [-0.4, -0.2) is 42.7 Å². The van der Waals surface area contributed by atoms with E-state index in [1.54, 1.807) is 49.4 Å². The normalized spacial score (nSPS) is 12.3. The van der Waals surface area contributed by atoms with Crippen molar-refractivity contribution in [3.63, 3.8) is 0 Å². The van der Waals surface area contributed by atoms with Crippen molar-refractivity contribution in [3.8, 4) is 17.1 Å². The highest BCUT2D eigenvalue weighted by molar-refractivity contribution is 6.39. The van der Waals surface area contributed by atoms with Crippen LogP contribution in [0.1, 0.15) is 28.6 Å². The van der Waals surface area contributed by atoms with Crippen LogP contribution < -0.4 is 15.4 Å². The van der Waals surface area contributed by atoms with Crippen molar-refractivity contribution in [2.45, 2.75) is 25.7 Å². The smallest absolute Gasteiger partial charge is 0.338 e. The van der Waals surface area contributed by atoms with Gasteiger partial charge in [0, 0.05) is 24.2 Å². The Hall–Kier alpha value is -5.42. The number of anilines is 1. The molecule has 11 heteroatoms. The molecular formula is C32H29N3O8. The number of fused-ring (bicyclic) bond motifs is 1. The third-order valence-corrected chi connectivity index (χ3v) is 6.72. The molecule has 1 unspecified atom stereocenters. The Bertz CT molecular complexity index is 1750.